The van der Waals surface area contributed by atoms with Gasteiger partial charge in [-0.15, -0.1) is 11.3 Å². The van der Waals surface area contributed by atoms with Crippen LogP contribution in [0.5, 0.6) is 0 Å². The van der Waals surface area contributed by atoms with E-state index in [1.54, 1.807) is 28.0 Å². The van der Waals surface area contributed by atoms with Crippen molar-refractivity contribution in [2.24, 2.45) is 7.05 Å². The fourth-order valence-electron chi connectivity index (χ4n) is 2.15. The number of hydrogen-bond donors (Lipinski definition) is 1. The molecule has 7 nitrogen and oxygen atoms in total. The number of aryl methyl sites for hydroxylation is 2. The number of amides is 2. The molecule has 0 spiro atoms. The normalized spacial score (nSPS) is 10.7. The Morgan fingerprint density at radius 3 is 2.91 bits per heavy atom. The van der Waals surface area contributed by atoms with Crippen LogP contribution in [0.3, 0.4) is 0 Å². The molecule has 0 fully saturated rings. The zero-order valence-electron chi connectivity index (χ0n) is 13.8. The smallest absolute Gasteiger partial charge is 0.317 e. The van der Waals surface area contributed by atoms with Crippen molar-refractivity contribution in [2.75, 3.05) is 26.8 Å². The second kappa shape index (κ2) is 8.64. The van der Waals surface area contributed by atoms with Gasteiger partial charge >= 0.3 is 6.03 Å². The summed E-state index contributed by atoms with van der Waals surface area (Å²) in [6.45, 7) is 4.26. The van der Waals surface area contributed by atoms with E-state index in [2.05, 4.69) is 34.5 Å². The Balaban J connectivity index is 1.86. The Kier molecular flexibility index (Phi) is 6.54. The van der Waals surface area contributed by atoms with Crippen molar-refractivity contribution in [1.82, 2.24) is 25.0 Å². The van der Waals surface area contributed by atoms with E-state index in [0.29, 0.717) is 32.7 Å². The summed E-state index contributed by atoms with van der Waals surface area (Å²) < 4.78 is 6.82. The van der Waals surface area contributed by atoms with Gasteiger partial charge in [-0.1, -0.05) is 0 Å². The van der Waals surface area contributed by atoms with Crippen molar-refractivity contribution in [3.05, 3.63) is 34.0 Å². The fraction of sp³-hybridized carbons (Fsp3) is 0.533. The lowest BCUT2D eigenvalue weighted by Gasteiger charge is -2.22. The van der Waals surface area contributed by atoms with Crippen LogP contribution in [0.15, 0.2) is 18.5 Å². The fourth-order valence-corrected chi connectivity index (χ4v) is 3.06. The molecule has 0 aliphatic carbocycles. The quantitative estimate of drug-likeness (QED) is 0.794. The molecule has 23 heavy (non-hydrogen) atoms. The van der Waals surface area contributed by atoms with Gasteiger partial charge in [0.15, 0.2) is 0 Å². The molecule has 126 valence electrons. The molecule has 0 aliphatic rings. The SMILES string of the molecule is COCCN(Cc1ccc(C)s1)C(=O)NCCc1ncnn1C. The molecule has 0 saturated heterocycles. The first kappa shape index (κ1) is 17.4. The van der Waals surface area contributed by atoms with E-state index in [1.807, 2.05) is 7.05 Å². The van der Waals surface area contributed by atoms with Gasteiger partial charge in [-0.3, -0.25) is 4.68 Å². The van der Waals surface area contributed by atoms with Crippen LogP contribution < -0.4 is 5.32 Å². The minimum Gasteiger partial charge on any atom is -0.383 e. The largest absolute Gasteiger partial charge is 0.383 e. The van der Waals surface area contributed by atoms with Crippen LogP contribution in [0, 0.1) is 6.92 Å². The number of rotatable bonds is 8. The van der Waals surface area contributed by atoms with Gasteiger partial charge in [0, 0.05) is 43.4 Å². The average molecular weight is 337 g/mol. The zero-order valence-corrected chi connectivity index (χ0v) is 14.6. The molecule has 0 aliphatic heterocycles. The van der Waals surface area contributed by atoms with Crippen LogP contribution in [0.1, 0.15) is 15.6 Å². The Bertz CT molecular complexity index is 625. The summed E-state index contributed by atoms with van der Waals surface area (Å²) >= 11 is 1.71. The Morgan fingerprint density at radius 1 is 1.48 bits per heavy atom. The molecule has 8 heteroatoms. The average Bonchev–Trinajstić information content (AvgIpc) is 3.12. The van der Waals surface area contributed by atoms with Crippen molar-refractivity contribution >= 4 is 17.4 Å². The van der Waals surface area contributed by atoms with Crippen molar-refractivity contribution in [1.29, 1.82) is 0 Å². The first-order chi connectivity index (χ1) is 11.1. The maximum Gasteiger partial charge on any atom is 0.317 e. The Morgan fingerprint density at radius 2 is 2.30 bits per heavy atom. The molecule has 0 saturated carbocycles. The van der Waals surface area contributed by atoms with Crippen molar-refractivity contribution < 1.29 is 9.53 Å². The molecule has 2 rings (SSSR count). The maximum absolute atomic E-state index is 12.4. The molecule has 2 aromatic rings. The summed E-state index contributed by atoms with van der Waals surface area (Å²) in [5, 5.41) is 6.95. The number of nitrogens with one attached hydrogen (secondary N) is 1. The standard InChI is InChI=1S/C15H23N5O2S/c1-12-4-5-13(23-12)10-20(8-9-22-3)15(21)16-7-6-14-17-11-18-19(14)2/h4-5,11H,6-10H2,1-3H3,(H,16,21). The van der Waals surface area contributed by atoms with Gasteiger partial charge in [-0.25, -0.2) is 9.78 Å². The van der Waals surface area contributed by atoms with Gasteiger partial charge in [0.25, 0.3) is 0 Å². The second-order valence-electron chi connectivity index (χ2n) is 5.21. The number of carbonyl (C=O) groups is 1. The van der Waals surface area contributed by atoms with E-state index in [0.717, 1.165) is 5.82 Å². The van der Waals surface area contributed by atoms with Crippen LogP contribution in [-0.2, 0) is 24.8 Å². The number of methoxy groups -OCH3 is 1. The molecule has 1 N–H and O–H groups in total. The number of ether oxygens (including phenoxy) is 1. The van der Waals surface area contributed by atoms with Crippen LogP contribution >= 0.6 is 11.3 Å². The van der Waals surface area contributed by atoms with Gasteiger partial charge < -0.3 is 15.0 Å². The molecule has 0 aromatic carbocycles. The predicted molar refractivity (Wildman–Crippen MR) is 89.4 cm³/mol. The molecule has 0 atom stereocenters. The maximum atomic E-state index is 12.4. The summed E-state index contributed by atoms with van der Waals surface area (Å²) in [6.07, 6.45) is 2.17. The number of hydrogen-bond acceptors (Lipinski definition) is 5. The monoisotopic (exact) mass is 337 g/mol. The topological polar surface area (TPSA) is 72.3 Å². The van der Waals surface area contributed by atoms with Crippen LogP contribution in [-0.4, -0.2) is 52.5 Å². The van der Waals surface area contributed by atoms with Crippen LogP contribution in [0.25, 0.3) is 0 Å². The third kappa shape index (κ3) is 5.33. The van der Waals surface area contributed by atoms with E-state index in [9.17, 15) is 4.79 Å². The predicted octanol–water partition coefficient (Wildman–Crippen LogP) is 1.59. The molecule has 0 radical (unpaired) electrons. The summed E-state index contributed by atoms with van der Waals surface area (Å²) in [6, 6.07) is 4.04. The third-order valence-corrected chi connectivity index (χ3v) is 4.41. The summed E-state index contributed by atoms with van der Waals surface area (Å²) in [5.74, 6) is 0.850. The summed E-state index contributed by atoms with van der Waals surface area (Å²) in [4.78, 5) is 20.7. The van der Waals surface area contributed by atoms with Gasteiger partial charge in [0.05, 0.1) is 13.2 Å². The second-order valence-corrected chi connectivity index (χ2v) is 6.58. The van der Waals surface area contributed by atoms with E-state index < -0.39 is 0 Å². The van der Waals surface area contributed by atoms with Gasteiger partial charge in [-0.05, 0) is 19.1 Å². The van der Waals surface area contributed by atoms with Crippen LogP contribution in [0.2, 0.25) is 0 Å². The van der Waals surface area contributed by atoms with Gasteiger partial charge in [0.1, 0.15) is 12.2 Å². The first-order valence-electron chi connectivity index (χ1n) is 7.50. The lowest BCUT2D eigenvalue weighted by Crippen LogP contribution is -2.41. The van der Waals surface area contributed by atoms with Crippen molar-refractivity contribution in [2.45, 2.75) is 19.9 Å². The third-order valence-electron chi connectivity index (χ3n) is 3.43. The van der Waals surface area contributed by atoms with E-state index >= 15 is 0 Å². The molecule has 0 unspecified atom stereocenters. The van der Waals surface area contributed by atoms with E-state index in [-0.39, 0.29) is 6.03 Å². The number of urea groups is 1. The summed E-state index contributed by atoms with van der Waals surface area (Å²) in [7, 11) is 3.48. The van der Waals surface area contributed by atoms with E-state index in [1.165, 1.54) is 16.1 Å². The van der Waals surface area contributed by atoms with Gasteiger partial charge in [-0.2, -0.15) is 5.10 Å². The van der Waals surface area contributed by atoms with Gasteiger partial charge in [0.2, 0.25) is 0 Å². The number of carbonyl (C=O) groups excluding carboxylic acids is 1. The molecule has 0 bridgehead atoms. The minimum atomic E-state index is -0.0877. The first-order valence-corrected chi connectivity index (χ1v) is 8.31. The number of aromatic nitrogens is 3. The molecule has 2 aromatic heterocycles. The highest BCUT2D eigenvalue weighted by atomic mass is 32.1. The number of thiophene rings is 1. The minimum absolute atomic E-state index is 0.0877. The Hall–Kier alpha value is -1.93. The lowest BCUT2D eigenvalue weighted by atomic mass is 10.4. The van der Waals surface area contributed by atoms with Crippen molar-refractivity contribution in [3.63, 3.8) is 0 Å². The molecular weight excluding hydrogens is 314 g/mol. The van der Waals surface area contributed by atoms with Crippen LogP contribution in [0.4, 0.5) is 4.79 Å². The van der Waals surface area contributed by atoms with E-state index in [4.69, 9.17) is 4.74 Å². The highest BCUT2D eigenvalue weighted by Gasteiger charge is 2.14. The Labute approximate surface area is 140 Å². The summed E-state index contributed by atoms with van der Waals surface area (Å²) in [5.41, 5.74) is 0. The highest BCUT2D eigenvalue weighted by Crippen LogP contribution is 2.17. The molecule has 2 heterocycles. The molecule has 2 amide bonds. The molecular formula is C15H23N5O2S. The lowest BCUT2D eigenvalue weighted by molar-refractivity contribution is 0.147. The zero-order chi connectivity index (χ0) is 16.7. The van der Waals surface area contributed by atoms with Crippen molar-refractivity contribution in [3.8, 4) is 0 Å². The number of nitrogens with zero attached hydrogens (tertiary/aromatic N) is 4. The highest BCUT2D eigenvalue weighted by molar-refractivity contribution is 7.11.